The molecule has 0 N–H and O–H groups in total. The summed E-state index contributed by atoms with van der Waals surface area (Å²) in [5.41, 5.74) is 0.622. The van der Waals surface area contributed by atoms with Crippen molar-refractivity contribution in [3.8, 4) is 11.8 Å². The fourth-order valence-electron chi connectivity index (χ4n) is 2.44. The molecule has 1 aromatic carbocycles. The predicted molar refractivity (Wildman–Crippen MR) is 85.0 cm³/mol. The molecule has 0 spiro atoms. The third kappa shape index (κ3) is 3.71. The van der Waals surface area contributed by atoms with Crippen LogP contribution in [0.4, 0.5) is 0 Å². The lowest BCUT2D eigenvalue weighted by molar-refractivity contribution is 0.0771. The normalized spacial score (nSPS) is 17.1. The lowest BCUT2D eigenvalue weighted by Crippen LogP contribution is -2.31. The van der Waals surface area contributed by atoms with Crippen LogP contribution < -0.4 is 9.47 Å². The second-order valence-corrected chi connectivity index (χ2v) is 5.62. The van der Waals surface area contributed by atoms with Gasteiger partial charge in [-0.05, 0) is 24.3 Å². The monoisotopic (exact) mass is 333 g/mol. The number of nitrogens with zero attached hydrogens (tertiary/aromatic N) is 3. The highest BCUT2D eigenvalue weighted by atomic mass is 35.5. The van der Waals surface area contributed by atoms with Gasteiger partial charge in [-0.25, -0.2) is 0 Å². The van der Waals surface area contributed by atoms with Gasteiger partial charge in [0.05, 0.1) is 26.0 Å². The Kier molecular flexibility index (Phi) is 4.62. The number of hydrogen-bond acceptors (Lipinski definition) is 5. The van der Waals surface area contributed by atoms with E-state index in [1.807, 2.05) is 0 Å². The summed E-state index contributed by atoms with van der Waals surface area (Å²) in [7, 11) is 1.52. The standard InChI is InChI=1S/C16H16ClN3O3/c1-22-14-8-18-9-15(19-14)23-13-6-7-20(10-13)16(21)11-2-4-12(17)5-3-11/h2-5,8-9,13H,6-7,10H2,1H3. The maximum absolute atomic E-state index is 12.4. The first-order chi connectivity index (χ1) is 11.2. The molecular weight excluding hydrogens is 318 g/mol. The number of methoxy groups -OCH3 is 1. The molecular formula is C16H16ClN3O3. The molecule has 2 heterocycles. The zero-order chi connectivity index (χ0) is 16.2. The smallest absolute Gasteiger partial charge is 0.253 e. The van der Waals surface area contributed by atoms with Gasteiger partial charge in [0, 0.05) is 23.6 Å². The summed E-state index contributed by atoms with van der Waals surface area (Å²) in [5.74, 6) is 0.772. The van der Waals surface area contributed by atoms with E-state index in [0.29, 0.717) is 35.4 Å². The molecule has 1 aromatic heterocycles. The van der Waals surface area contributed by atoms with Crippen LogP contribution in [0.1, 0.15) is 16.8 Å². The number of ether oxygens (including phenoxy) is 2. The molecule has 1 aliphatic heterocycles. The van der Waals surface area contributed by atoms with Gasteiger partial charge in [0.2, 0.25) is 11.8 Å². The van der Waals surface area contributed by atoms with Gasteiger partial charge in [-0.1, -0.05) is 11.6 Å². The van der Waals surface area contributed by atoms with E-state index in [4.69, 9.17) is 21.1 Å². The molecule has 0 bridgehead atoms. The van der Waals surface area contributed by atoms with E-state index < -0.39 is 0 Å². The average molecular weight is 334 g/mol. The van der Waals surface area contributed by atoms with Gasteiger partial charge in [-0.3, -0.25) is 9.78 Å². The van der Waals surface area contributed by atoms with Crippen molar-refractivity contribution < 1.29 is 14.3 Å². The molecule has 0 aliphatic carbocycles. The summed E-state index contributed by atoms with van der Waals surface area (Å²) < 4.78 is 10.8. The molecule has 120 valence electrons. The van der Waals surface area contributed by atoms with Crippen molar-refractivity contribution >= 4 is 17.5 Å². The summed E-state index contributed by atoms with van der Waals surface area (Å²) in [4.78, 5) is 22.4. The summed E-state index contributed by atoms with van der Waals surface area (Å²) >= 11 is 5.85. The highest BCUT2D eigenvalue weighted by Crippen LogP contribution is 2.20. The van der Waals surface area contributed by atoms with Crippen molar-refractivity contribution in [1.82, 2.24) is 14.9 Å². The van der Waals surface area contributed by atoms with Crippen LogP contribution in [0.5, 0.6) is 11.8 Å². The van der Waals surface area contributed by atoms with Gasteiger partial charge in [-0.2, -0.15) is 4.98 Å². The van der Waals surface area contributed by atoms with E-state index in [2.05, 4.69) is 9.97 Å². The Labute approximate surface area is 139 Å². The van der Waals surface area contributed by atoms with E-state index in [1.54, 1.807) is 29.2 Å². The van der Waals surface area contributed by atoms with Crippen LogP contribution in [-0.4, -0.2) is 47.1 Å². The van der Waals surface area contributed by atoms with Crippen molar-refractivity contribution in [3.05, 3.63) is 47.2 Å². The number of rotatable bonds is 4. The van der Waals surface area contributed by atoms with Gasteiger partial charge < -0.3 is 14.4 Å². The van der Waals surface area contributed by atoms with Crippen LogP contribution in [0, 0.1) is 0 Å². The van der Waals surface area contributed by atoms with Crippen molar-refractivity contribution in [3.63, 3.8) is 0 Å². The Hall–Kier alpha value is -2.34. The number of halogens is 1. The number of amides is 1. The lowest BCUT2D eigenvalue weighted by atomic mass is 10.2. The quantitative estimate of drug-likeness (QED) is 0.859. The minimum absolute atomic E-state index is 0.0236. The molecule has 1 amide bonds. The van der Waals surface area contributed by atoms with Gasteiger partial charge >= 0.3 is 0 Å². The first-order valence-corrected chi connectivity index (χ1v) is 7.61. The molecule has 1 aliphatic rings. The molecule has 6 nitrogen and oxygen atoms in total. The molecule has 2 aromatic rings. The van der Waals surface area contributed by atoms with Crippen LogP contribution in [0.2, 0.25) is 5.02 Å². The fraction of sp³-hybridized carbons (Fsp3) is 0.312. The summed E-state index contributed by atoms with van der Waals surface area (Å²) in [6.45, 7) is 1.16. The lowest BCUT2D eigenvalue weighted by Gasteiger charge is -2.17. The summed E-state index contributed by atoms with van der Waals surface area (Å²) in [6.07, 6.45) is 3.69. The molecule has 23 heavy (non-hydrogen) atoms. The number of benzene rings is 1. The highest BCUT2D eigenvalue weighted by Gasteiger charge is 2.28. The number of likely N-dealkylation sites (tertiary alicyclic amines) is 1. The third-order valence-electron chi connectivity index (χ3n) is 3.61. The van der Waals surface area contributed by atoms with Gasteiger partial charge in [0.1, 0.15) is 6.10 Å². The van der Waals surface area contributed by atoms with E-state index in [1.165, 1.54) is 19.5 Å². The van der Waals surface area contributed by atoms with E-state index in [0.717, 1.165) is 6.42 Å². The molecule has 3 rings (SSSR count). The first-order valence-electron chi connectivity index (χ1n) is 7.23. The summed E-state index contributed by atoms with van der Waals surface area (Å²) in [5, 5.41) is 0.612. The minimum atomic E-state index is -0.104. The Balaban J connectivity index is 1.61. The number of hydrogen-bond donors (Lipinski definition) is 0. The molecule has 1 saturated heterocycles. The average Bonchev–Trinajstić information content (AvgIpc) is 3.03. The Morgan fingerprint density at radius 3 is 2.74 bits per heavy atom. The molecule has 0 radical (unpaired) electrons. The zero-order valence-corrected chi connectivity index (χ0v) is 13.4. The number of aromatic nitrogens is 2. The fourth-order valence-corrected chi connectivity index (χ4v) is 2.57. The van der Waals surface area contributed by atoms with Gasteiger partial charge in [0.15, 0.2) is 0 Å². The minimum Gasteiger partial charge on any atom is -0.480 e. The van der Waals surface area contributed by atoms with Gasteiger partial charge in [-0.15, -0.1) is 0 Å². The molecule has 0 saturated carbocycles. The molecule has 7 heteroatoms. The van der Waals surface area contributed by atoms with Crippen LogP contribution >= 0.6 is 11.6 Å². The van der Waals surface area contributed by atoms with Crippen molar-refractivity contribution in [2.45, 2.75) is 12.5 Å². The molecule has 1 fully saturated rings. The molecule has 1 atom stereocenters. The molecule has 1 unspecified atom stereocenters. The second kappa shape index (κ2) is 6.83. The second-order valence-electron chi connectivity index (χ2n) is 5.19. The van der Waals surface area contributed by atoms with Gasteiger partial charge in [0.25, 0.3) is 5.91 Å². The van der Waals surface area contributed by atoms with Crippen molar-refractivity contribution in [1.29, 1.82) is 0 Å². The largest absolute Gasteiger partial charge is 0.480 e. The zero-order valence-electron chi connectivity index (χ0n) is 12.6. The maximum Gasteiger partial charge on any atom is 0.253 e. The SMILES string of the molecule is COc1cncc(OC2CCN(C(=O)c3ccc(Cl)cc3)C2)n1. The van der Waals surface area contributed by atoms with Crippen LogP contribution in [0.15, 0.2) is 36.7 Å². The van der Waals surface area contributed by atoms with Crippen LogP contribution in [-0.2, 0) is 0 Å². The van der Waals surface area contributed by atoms with E-state index in [-0.39, 0.29) is 12.0 Å². The van der Waals surface area contributed by atoms with E-state index in [9.17, 15) is 4.79 Å². The summed E-state index contributed by atoms with van der Waals surface area (Å²) in [6, 6.07) is 6.88. The Morgan fingerprint density at radius 2 is 2.00 bits per heavy atom. The Bertz CT molecular complexity index is 693. The van der Waals surface area contributed by atoms with Crippen molar-refractivity contribution in [2.24, 2.45) is 0 Å². The topological polar surface area (TPSA) is 64.6 Å². The van der Waals surface area contributed by atoms with Crippen LogP contribution in [0.25, 0.3) is 0 Å². The van der Waals surface area contributed by atoms with Crippen LogP contribution in [0.3, 0.4) is 0 Å². The third-order valence-corrected chi connectivity index (χ3v) is 3.86. The maximum atomic E-state index is 12.4. The number of carbonyl (C=O) groups excluding carboxylic acids is 1. The Morgan fingerprint density at radius 1 is 1.26 bits per heavy atom. The highest BCUT2D eigenvalue weighted by molar-refractivity contribution is 6.30. The van der Waals surface area contributed by atoms with Crippen molar-refractivity contribution in [2.75, 3.05) is 20.2 Å². The first kappa shape index (κ1) is 15.6. The predicted octanol–water partition coefficient (Wildman–Crippen LogP) is 2.43. The van der Waals surface area contributed by atoms with E-state index >= 15 is 0 Å². The number of carbonyl (C=O) groups is 1.